The molecule has 0 saturated carbocycles. The second kappa shape index (κ2) is 11.0. The molecule has 0 fully saturated rings. The smallest absolute Gasteiger partial charge is 0.258 e. The molecule has 1 heterocycles. The van der Waals surface area contributed by atoms with E-state index < -0.39 is 0 Å². The van der Waals surface area contributed by atoms with Gasteiger partial charge in [-0.3, -0.25) is 4.79 Å². The Labute approximate surface area is 202 Å². The third kappa shape index (κ3) is 4.81. The lowest BCUT2D eigenvalue weighted by molar-refractivity contribution is 0.0720. The van der Waals surface area contributed by atoms with Gasteiger partial charge in [0, 0.05) is 12.6 Å². The number of carbonyl (C=O) groups is 1. The van der Waals surface area contributed by atoms with Gasteiger partial charge in [-0.15, -0.1) is 0 Å². The number of aromatic nitrogens is 2. The first-order chi connectivity index (χ1) is 16.7. The molecule has 3 aromatic carbocycles. The molecule has 4 aromatic rings. The zero-order chi connectivity index (χ0) is 23.9. The van der Waals surface area contributed by atoms with Crippen molar-refractivity contribution in [2.75, 3.05) is 7.05 Å². The van der Waals surface area contributed by atoms with Crippen LogP contribution in [0.1, 0.15) is 60.8 Å². The molecule has 0 aliphatic rings. The minimum atomic E-state index is 0.0158. The summed E-state index contributed by atoms with van der Waals surface area (Å²) in [5.74, 6) is 0.0165. The van der Waals surface area contributed by atoms with E-state index in [9.17, 15) is 4.79 Å². The first-order valence-electron chi connectivity index (χ1n) is 12.2. The van der Waals surface area contributed by atoms with Crippen LogP contribution in [0.2, 0.25) is 0 Å². The SMILES string of the molecule is CCCCC(c1ccccc1)N(C)C(=O)c1c(-c2ccccc2)nn(-c2ccccc2)c1CC. The molecule has 1 atom stereocenters. The zero-order valence-electron chi connectivity index (χ0n) is 20.3. The van der Waals surface area contributed by atoms with Crippen LogP contribution in [0.3, 0.4) is 0 Å². The molecule has 0 N–H and O–H groups in total. The Morgan fingerprint density at radius 2 is 1.47 bits per heavy atom. The van der Waals surface area contributed by atoms with E-state index in [4.69, 9.17) is 5.10 Å². The molecule has 174 valence electrons. The summed E-state index contributed by atoms with van der Waals surface area (Å²) in [5, 5.41) is 4.99. The molecule has 4 rings (SSSR count). The van der Waals surface area contributed by atoms with Gasteiger partial charge in [0.25, 0.3) is 5.91 Å². The van der Waals surface area contributed by atoms with Gasteiger partial charge in [-0.2, -0.15) is 5.10 Å². The van der Waals surface area contributed by atoms with Gasteiger partial charge in [0.2, 0.25) is 0 Å². The van der Waals surface area contributed by atoms with E-state index in [1.165, 1.54) is 5.56 Å². The van der Waals surface area contributed by atoms with Crippen LogP contribution in [-0.4, -0.2) is 27.6 Å². The molecule has 0 aliphatic heterocycles. The minimum Gasteiger partial charge on any atom is -0.335 e. The molecular weight excluding hydrogens is 418 g/mol. The van der Waals surface area contributed by atoms with Gasteiger partial charge < -0.3 is 4.90 Å². The van der Waals surface area contributed by atoms with Crippen LogP contribution in [0.25, 0.3) is 16.9 Å². The van der Waals surface area contributed by atoms with Crippen LogP contribution in [-0.2, 0) is 6.42 Å². The second-order valence-electron chi connectivity index (χ2n) is 8.62. The predicted octanol–water partition coefficient (Wildman–Crippen LogP) is 7.11. The maximum atomic E-state index is 14.2. The topological polar surface area (TPSA) is 38.1 Å². The summed E-state index contributed by atoms with van der Waals surface area (Å²) in [6, 6.07) is 30.5. The summed E-state index contributed by atoms with van der Waals surface area (Å²) >= 11 is 0. The van der Waals surface area contributed by atoms with E-state index in [0.29, 0.717) is 12.0 Å². The highest BCUT2D eigenvalue weighted by atomic mass is 16.2. The third-order valence-corrected chi connectivity index (χ3v) is 6.38. The number of hydrogen-bond donors (Lipinski definition) is 0. The Bertz CT molecular complexity index is 1200. The fourth-order valence-corrected chi connectivity index (χ4v) is 4.56. The molecule has 0 aliphatic carbocycles. The molecule has 0 bridgehead atoms. The number of benzene rings is 3. The Balaban J connectivity index is 1.84. The number of unbranched alkanes of at least 4 members (excludes halogenated alkanes) is 1. The van der Waals surface area contributed by atoms with Gasteiger partial charge >= 0.3 is 0 Å². The average molecular weight is 452 g/mol. The number of nitrogens with zero attached hydrogens (tertiary/aromatic N) is 3. The fourth-order valence-electron chi connectivity index (χ4n) is 4.56. The van der Waals surface area contributed by atoms with Gasteiger partial charge in [-0.1, -0.05) is 106 Å². The predicted molar refractivity (Wildman–Crippen MR) is 139 cm³/mol. The number of carbonyl (C=O) groups excluding carboxylic acids is 1. The van der Waals surface area contributed by atoms with Gasteiger partial charge in [0.05, 0.1) is 23.0 Å². The van der Waals surface area contributed by atoms with Gasteiger partial charge in [0.15, 0.2) is 0 Å². The van der Waals surface area contributed by atoms with Crippen LogP contribution in [0.5, 0.6) is 0 Å². The molecule has 34 heavy (non-hydrogen) atoms. The van der Waals surface area contributed by atoms with E-state index in [0.717, 1.165) is 41.9 Å². The van der Waals surface area contributed by atoms with Crippen LogP contribution < -0.4 is 0 Å². The Morgan fingerprint density at radius 1 is 0.882 bits per heavy atom. The van der Waals surface area contributed by atoms with Gasteiger partial charge in [-0.25, -0.2) is 4.68 Å². The van der Waals surface area contributed by atoms with E-state index in [2.05, 4.69) is 26.0 Å². The molecule has 0 radical (unpaired) electrons. The van der Waals surface area contributed by atoms with Crippen molar-refractivity contribution in [1.82, 2.24) is 14.7 Å². The fraction of sp³-hybridized carbons (Fsp3) is 0.267. The molecule has 1 amide bonds. The lowest BCUT2D eigenvalue weighted by Crippen LogP contribution is -2.32. The van der Waals surface area contributed by atoms with E-state index in [1.807, 2.05) is 95.5 Å². The molecule has 1 aromatic heterocycles. The van der Waals surface area contributed by atoms with Crippen LogP contribution in [0.15, 0.2) is 91.0 Å². The van der Waals surface area contributed by atoms with Crippen molar-refractivity contribution in [2.24, 2.45) is 0 Å². The quantitative estimate of drug-likeness (QED) is 0.272. The summed E-state index contributed by atoms with van der Waals surface area (Å²) in [4.78, 5) is 16.1. The van der Waals surface area contributed by atoms with Gasteiger partial charge in [-0.05, 0) is 30.5 Å². The van der Waals surface area contributed by atoms with Crippen LogP contribution >= 0.6 is 0 Å². The van der Waals surface area contributed by atoms with Crippen LogP contribution in [0, 0.1) is 0 Å². The number of amides is 1. The summed E-state index contributed by atoms with van der Waals surface area (Å²) in [6.07, 6.45) is 3.78. The average Bonchev–Trinajstić information content (AvgIpc) is 3.29. The second-order valence-corrected chi connectivity index (χ2v) is 8.62. The van der Waals surface area contributed by atoms with Gasteiger partial charge in [0.1, 0.15) is 5.69 Å². The number of para-hydroxylation sites is 1. The van der Waals surface area contributed by atoms with Crippen molar-refractivity contribution in [3.63, 3.8) is 0 Å². The summed E-state index contributed by atoms with van der Waals surface area (Å²) in [6.45, 7) is 4.28. The summed E-state index contributed by atoms with van der Waals surface area (Å²) in [7, 11) is 1.93. The van der Waals surface area contributed by atoms with E-state index >= 15 is 0 Å². The minimum absolute atomic E-state index is 0.0158. The van der Waals surface area contributed by atoms with E-state index in [1.54, 1.807) is 0 Å². The highest BCUT2D eigenvalue weighted by Gasteiger charge is 2.30. The zero-order valence-corrected chi connectivity index (χ0v) is 20.3. The summed E-state index contributed by atoms with van der Waals surface area (Å²) < 4.78 is 1.94. The standard InChI is InChI=1S/C30H33N3O/c1-4-6-22-27(23-16-10-7-11-17-23)32(3)30(34)28-26(5-2)33(25-20-14-9-15-21-25)31-29(28)24-18-12-8-13-19-24/h7-21,27H,4-6,22H2,1-3H3. The molecule has 0 saturated heterocycles. The number of rotatable bonds is 9. The van der Waals surface area contributed by atoms with E-state index in [-0.39, 0.29) is 11.9 Å². The maximum absolute atomic E-state index is 14.2. The number of hydrogen-bond acceptors (Lipinski definition) is 2. The monoisotopic (exact) mass is 451 g/mol. The Morgan fingerprint density at radius 3 is 2.06 bits per heavy atom. The van der Waals surface area contributed by atoms with Crippen molar-refractivity contribution in [1.29, 1.82) is 0 Å². The first kappa shape index (κ1) is 23.5. The first-order valence-corrected chi connectivity index (χ1v) is 12.2. The molecule has 0 spiro atoms. The molecule has 4 heteroatoms. The highest BCUT2D eigenvalue weighted by molar-refractivity contribution is 6.01. The van der Waals surface area contributed by atoms with Crippen LogP contribution in [0.4, 0.5) is 0 Å². The highest BCUT2D eigenvalue weighted by Crippen LogP contribution is 2.33. The molecule has 4 nitrogen and oxygen atoms in total. The lowest BCUT2D eigenvalue weighted by Gasteiger charge is -2.29. The van der Waals surface area contributed by atoms with Crippen molar-refractivity contribution in [3.8, 4) is 16.9 Å². The normalized spacial score (nSPS) is 11.9. The molecular formula is C30H33N3O. The maximum Gasteiger partial charge on any atom is 0.258 e. The third-order valence-electron chi connectivity index (χ3n) is 6.38. The Hall–Kier alpha value is -3.66. The largest absolute Gasteiger partial charge is 0.335 e. The van der Waals surface area contributed by atoms with Crippen molar-refractivity contribution in [3.05, 3.63) is 108 Å². The van der Waals surface area contributed by atoms with Crippen molar-refractivity contribution in [2.45, 2.75) is 45.6 Å². The van der Waals surface area contributed by atoms with Crippen molar-refractivity contribution < 1.29 is 4.79 Å². The lowest BCUT2D eigenvalue weighted by atomic mass is 9.97. The summed E-state index contributed by atoms with van der Waals surface area (Å²) in [5.41, 5.74) is 5.45. The Kier molecular flexibility index (Phi) is 7.58. The molecule has 1 unspecified atom stereocenters. The van der Waals surface area contributed by atoms with Crippen molar-refractivity contribution >= 4 is 5.91 Å².